The minimum absolute atomic E-state index is 0.0428. The lowest BCUT2D eigenvalue weighted by Crippen LogP contribution is -2.29. The lowest BCUT2D eigenvalue weighted by atomic mass is 10.2. The molecule has 0 aliphatic rings. The number of benzene rings is 1. The molecule has 3 aromatic rings. The zero-order valence-corrected chi connectivity index (χ0v) is 11.4. The fourth-order valence-corrected chi connectivity index (χ4v) is 1.94. The van der Waals surface area contributed by atoms with Gasteiger partial charge in [0.2, 0.25) is 0 Å². The highest BCUT2D eigenvalue weighted by atomic mass is 16.2. The Morgan fingerprint density at radius 3 is 2.77 bits per heavy atom. The summed E-state index contributed by atoms with van der Waals surface area (Å²) in [4.78, 5) is 26.0. The average Bonchev–Trinajstić information content (AvgIpc) is 3.02. The van der Waals surface area contributed by atoms with Gasteiger partial charge in [-0.25, -0.2) is 0 Å². The van der Waals surface area contributed by atoms with E-state index in [2.05, 4.69) is 25.8 Å². The average molecular weight is 296 g/mol. The van der Waals surface area contributed by atoms with Crippen LogP contribution in [0.25, 0.3) is 5.69 Å². The number of pyridine rings is 1. The Balaban J connectivity index is 1.76. The zero-order chi connectivity index (χ0) is 15.4. The molecular weight excluding hydrogens is 284 g/mol. The third-order valence-electron chi connectivity index (χ3n) is 3.00. The van der Waals surface area contributed by atoms with Gasteiger partial charge in [-0.3, -0.25) is 9.59 Å². The number of aromatic nitrogens is 5. The number of nitrogens with zero attached hydrogens (tertiary/aromatic N) is 4. The fourth-order valence-electron chi connectivity index (χ4n) is 1.94. The zero-order valence-electron chi connectivity index (χ0n) is 11.4. The van der Waals surface area contributed by atoms with Crippen molar-refractivity contribution in [2.75, 3.05) is 0 Å². The van der Waals surface area contributed by atoms with E-state index in [1.54, 1.807) is 6.07 Å². The van der Waals surface area contributed by atoms with Crippen molar-refractivity contribution in [3.63, 3.8) is 0 Å². The van der Waals surface area contributed by atoms with Crippen molar-refractivity contribution in [2.24, 2.45) is 0 Å². The molecule has 2 N–H and O–H groups in total. The summed E-state index contributed by atoms with van der Waals surface area (Å²) in [6, 6.07) is 12.4. The van der Waals surface area contributed by atoms with Gasteiger partial charge in [0.1, 0.15) is 5.56 Å². The number of nitrogens with one attached hydrogen (secondary N) is 2. The molecule has 0 bridgehead atoms. The van der Waals surface area contributed by atoms with Crippen LogP contribution in [0.3, 0.4) is 0 Å². The molecule has 22 heavy (non-hydrogen) atoms. The Kier molecular flexibility index (Phi) is 3.73. The number of H-pyrrole nitrogens is 1. The van der Waals surface area contributed by atoms with E-state index in [1.165, 1.54) is 16.9 Å². The topological polar surface area (TPSA) is 106 Å². The summed E-state index contributed by atoms with van der Waals surface area (Å²) < 4.78 is 1.52. The second-order valence-electron chi connectivity index (χ2n) is 4.44. The van der Waals surface area contributed by atoms with E-state index in [0.29, 0.717) is 5.82 Å². The van der Waals surface area contributed by atoms with Crippen LogP contribution in [-0.2, 0) is 6.54 Å². The standard InChI is InChI=1S/C14H12N6O2/c21-13-11(7-4-8-15-13)14(22)16-9-12-17-18-19-20(12)10-5-2-1-3-6-10/h1-8H,9H2,(H,15,21)(H,16,22). The maximum Gasteiger partial charge on any atom is 0.260 e. The molecule has 1 aromatic carbocycles. The van der Waals surface area contributed by atoms with Crippen molar-refractivity contribution in [1.82, 2.24) is 30.5 Å². The molecule has 0 unspecified atom stereocenters. The van der Waals surface area contributed by atoms with E-state index in [9.17, 15) is 9.59 Å². The van der Waals surface area contributed by atoms with E-state index in [4.69, 9.17) is 0 Å². The maximum absolute atomic E-state index is 12.0. The highest BCUT2D eigenvalue weighted by Gasteiger charge is 2.12. The molecule has 0 spiro atoms. The number of tetrazole rings is 1. The second-order valence-corrected chi connectivity index (χ2v) is 4.44. The van der Waals surface area contributed by atoms with Crippen molar-refractivity contribution >= 4 is 5.91 Å². The summed E-state index contributed by atoms with van der Waals surface area (Å²) >= 11 is 0. The first-order valence-electron chi connectivity index (χ1n) is 6.54. The normalized spacial score (nSPS) is 10.4. The number of para-hydroxylation sites is 1. The molecule has 0 aliphatic carbocycles. The minimum atomic E-state index is -0.482. The minimum Gasteiger partial charge on any atom is -0.344 e. The highest BCUT2D eigenvalue weighted by molar-refractivity contribution is 5.93. The van der Waals surface area contributed by atoms with Gasteiger partial charge in [0.15, 0.2) is 5.82 Å². The summed E-state index contributed by atoms with van der Waals surface area (Å²) in [6.07, 6.45) is 1.47. The van der Waals surface area contributed by atoms with Gasteiger partial charge in [0, 0.05) is 6.20 Å². The first kappa shape index (κ1) is 13.7. The summed E-state index contributed by atoms with van der Waals surface area (Å²) in [6.45, 7) is 0.106. The number of carbonyl (C=O) groups is 1. The number of aromatic amines is 1. The number of hydrogen-bond acceptors (Lipinski definition) is 5. The molecule has 0 fully saturated rings. The monoisotopic (exact) mass is 296 g/mol. The first-order chi connectivity index (χ1) is 10.8. The van der Waals surface area contributed by atoms with E-state index in [1.807, 2.05) is 30.3 Å². The van der Waals surface area contributed by atoms with Crippen LogP contribution in [0.2, 0.25) is 0 Å². The predicted octanol–water partition coefficient (Wildman–Crippen LogP) is 0.281. The first-order valence-corrected chi connectivity index (χ1v) is 6.54. The molecule has 2 aromatic heterocycles. The number of carbonyl (C=O) groups excluding carboxylic acids is 1. The number of rotatable bonds is 4. The Labute approximate surface area is 124 Å². The van der Waals surface area contributed by atoms with Gasteiger partial charge in [0.25, 0.3) is 11.5 Å². The van der Waals surface area contributed by atoms with E-state index in [0.717, 1.165) is 5.69 Å². The van der Waals surface area contributed by atoms with Crippen LogP contribution in [0, 0.1) is 0 Å². The largest absolute Gasteiger partial charge is 0.344 e. The van der Waals surface area contributed by atoms with Crippen LogP contribution < -0.4 is 10.9 Å². The summed E-state index contributed by atoms with van der Waals surface area (Å²) in [5, 5.41) is 14.0. The van der Waals surface area contributed by atoms with E-state index in [-0.39, 0.29) is 12.1 Å². The molecule has 8 nitrogen and oxygen atoms in total. The van der Waals surface area contributed by atoms with Gasteiger partial charge < -0.3 is 10.3 Å². The number of amides is 1. The third-order valence-corrected chi connectivity index (χ3v) is 3.00. The van der Waals surface area contributed by atoms with Crippen LogP contribution in [0.15, 0.2) is 53.5 Å². The molecule has 0 aliphatic heterocycles. The van der Waals surface area contributed by atoms with E-state index >= 15 is 0 Å². The molecule has 3 rings (SSSR count). The van der Waals surface area contributed by atoms with Crippen LogP contribution in [0.1, 0.15) is 16.2 Å². The van der Waals surface area contributed by atoms with Crippen LogP contribution >= 0.6 is 0 Å². The van der Waals surface area contributed by atoms with Gasteiger partial charge in [-0.2, -0.15) is 4.68 Å². The van der Waals surface area contributed by atoms with Crippen LogP contribution in [0.4, 0.5) is 0 Å². The lowest BCUT2D eigenvalue weighted by Gasteiger charge is -2.05. The Morgan fingerprint density at radius 2 is 2.00 bits per heavy atom. The lowest BCUT2D eigenvalue weighted by molar-refractivity contribution is 0.0948. The van der Waals surface area contributed by atoms with E-state index < -0.39 is 11.5 Å². The molecule has 0 radical (unpaired) electrons. The number of hydrogen-bond donors (Lipinski definition) is 2. The maximum atomic E-state index is 12.0. The third kappa shape index (κ3) is 2.75. The predicted molar refractivity (Wildman–Crippen MR) is 77.4 cm³/mol. The second kappa shape index (κ2) is 6.00. The summed E-state index contributed by atoms with van der Waals surface area (Å²) in [7, 11) is 0. The van der Waals surface area contributed by atoms with Crippen molar-refractivity contribution in [3.05, 3.63) is 70.4 Å². The molecule has 8 heteroatoms. The Hall–Kier alpha value is -3.29. The smallest absolute Gasteiger partial charge is 0.260 e. The van der Waals surface area contributed by atoms with Crippen molar-refractivity contribution in [2.45, 2.75) is 6.54 Å². The quantitative estimate of drug-likeness (QED) is 0.719. The Bertz CT molecular complexity index is 840. The molecular formula is C14H12N6O2. The van der Waals surface area contributed by atoms with Crippen molar-refractivity contribution in [3.8, 4) is 5.69 Å². The molecule has 1 amide bonds. The Morgan fingerprint density at radius 1 is 1.18 bits per heavy atom. The van der Waals surface area contributed by atoms with Gasteiger partial charge in [0.05, 0.1) is 12.2 Å². The summed E-state index contributed by atoms with van der Waals surface area (Å²) in [5.41, 5.74) is 0.387. The molecule has 0 saturated heterocycles. The fraction of sp³-hybridized carbons (Fsp3) is 0.0714. The van der Waals surface area contributed by atoms with Gasteiger partial charge in [-0.05, 0) is 34.7 Å². The molecule has 0 saturated carbocycles. The molecule has 110 valence electrons. The summed E-state index contributed by atoms with van der Waals surface area (Å²) in [5.74, 6) is -0.0172. The van der Waals surface area contributed by atoms with Gasteiger partial charge >= 0.3 is 0 Å². The molecule has 0 atom stereocenters. The van der Waals surface area contributed by atoms with Gasteiger partial charge in [-0.1, -0.05) is 18.2 Å². The molecule has 2 heterocycles. The SMILES string of the molecule is O=C(NCc1nnnn1-c1ccccc1)c1ccc[nH]c1=O. The van der Waals surface area contributed by atoms with Crippen LogP contribution in [-0.4, -0.2) is 31.1 Å². The van der Waals surface area contributed by atoms with Gasteiger partial charge in [-0.15, -0.1) is 5.10 Å². The van der Waals surface area contributed by atoms with Crippen molar-refractivity contribution < 1.29 is 4.79 Å². The van der Waals surface area contributed by atoms with Crippen molar-refractivity contribution in [1.29, 1.82) is 0 Å². The van der Waals surface area contributed by atoms with Crippen LogP contribution in [0.5, 0.6) is 0 Å². The highest BCUT2D eigenvalue weighted by Crippen LogP contribution is 2.06.